The van der Waals surface area contributed by atoms with E-state index in [1.54, 1.807) is 6.08 Å². The zero-order chi connectivity index (χ0) is 8.97. The topological polar surface area (TPSA) is 38.3 Å². The van der Waals surface area contributed by atoms with Crippen LogP contribution in [0.25, 0.3) is 0 Å². The molecule has 0 unspecified atom stereocenters. The van der Waals surface area contributed by atoms with Crippen molar-refractivity contribution < 1.29 is 9.53 Å². The van der Waals surface area contributed by atoms with Crippen molar-refractivity contribution in [2.75, 3.05) is 6.54 Å². The number of carbonyl (C=O) groups is 1. The Kier molecular flexibility index (Phi) is 2.91. The fraction of sp³-hybridized carbons (Fsp3) is 0.444. The number of dihydropyridines is 1. The normalized spacial score (nSPS) is 15.4. The highest BCUT2D eigenvalue weighted by Crippen LogP contribution is 2.01. The third kappa shape index (κ3) is 2.42. The molecule has 0 aliphatic carbocycles. The molecule has 0 fully saturated rings. The van der Waals surface area contributed by atoms with E-state index < -0.39 is 0 Å². The van der Waals surface area contributed by atoms with Gasteiger partial charge in [-0.25, -0.2) is 4.79 Å². The molecule has 1 heterocycles. The molecule has 0 bridgehead atoms. The summed E-state index contributed by atoms with van der Waals surface area (Å²) < 4.78 is 4.99. The van der Waals surface area contributed by atoms with Crippen LogP contribution >= 0.6 is 0 Å². The van der Waals surface area contributed by atoms with Crippen LogP contribution in [-0.2, 0) is 9.53 Å². The summed E-state index contributed by atoms with van der Waals surface area (Å²) in [5.74, 6) is -0.283. The maximum absolute atomic E-state index is 11.2. The second-order valence-corrected chi connectivity index (χ2v) is 2.84. The number of nitrogens with one attached hydrogen (secondary N) is 1. The van der Waals surface area contributed by atoms with Gasteiger partial charge < -0.3 is 10.1 Å². The molecular formula is C9H13NO2. The lowest BCUT2D eigenvalue weighted by Gasteiger charge is -2.13. The van der Waals surface area contributed by atoms with Crippen molar-refractivity contribution in [3.8, 4) is 0 Å². The van der Waals surface area contributed by atoms with Crippen LogP contribution in [0.2, 0.25) is 0 Å². The third-order valence-corrected chi connectivity index (χ3v) is 1.37. The number of hydrogen-bond acceptors (Lipinski definition) is 3. The van der Waals surface area contributed by atoms with Crippen molar-refractivity contribution in [2.45, 2.75) is 20.0 Å². The van der Waals surface area contributed by atoms with Crippen LogP contribution in [0.3, 0.4) is 0 Å². The molecule has 0 aromatic rings. The predicted molar refractivity (Wildman–Crippen MR) is 46.5 cm³/mol. The molecule has 0 aromatic carbocycles. The first kappa shape index (κ1) is 8.84. The fourth-order valence-corrected chi connectivity index (χ4v) is 0.878. The van der Waals surface area contributed by atoms with Gasteiger partial charge in [0.15, 0.2) is 0 Å². The van der Waals surface area contributed by atoms with Crippen LogP contribution in [0, 0.1) is 0 Å². The molecule has 1 aliphatic rings. The predicted octanol–water partition coefficient (Wildman–Crippen LogP) is 0.981. The van der Waals surface area contributed by atoms with E-state index in [0.29, 0.717) is 12.2 Å². The van der Waals surface area contributed by atoms with Gasteiger partial charge in [0.25, 0.3) is 0 Å². The van der Waals surface area contributed by atoms with Gasteiger partial charge in [0.1, 0.15) is 5.70 Å². The summed E-state index contributed by atoms with van der Waals surface area (Å²) in [4.78, 5) is 11.2. The number of esters is 1. The summed E-state index contributed by atoms with van der Waals surface area (Å²) in [6, 6.07) is 0. The van der Waals surface area contributed by atoms with Crippen LogP contribution in [0.15, 0.2) is 23.9 Å². The average molecular weight is 167 g/mol. The van der Waals surface area contributed by atoms with Crippen molar-refractivity contribution in [1.29, 1.82) is 0 Å². The van der Waals surface area contributed by atoms with E-state index in [2.05, 4.69) is 5.32 Å². The lowest BCUT2D eigenvalue weighted by Crippen LogP contribution is -2.25. The van der Waals surface area contributed by atoms with Gasteiger partial charge in [-0.15, -0.1) is 0 Å². The number of carbonyl (C=O) groups excluding carboxylic acids is 1. The standard InChI is InChI=1S/C9H13NO2/c1-7(2)12-9(11)8-5-3-4-6-10-8/h3-5,7,10H,6H2,1-2H3. The van der Waals surface area contributed by atoms with Gasteiger partial charge in [-0.05, 0) is 19.9 Å². The van der Waals surface area contributed by atoms with Gasteiger partial charge in [-0.3, -0.25) is 0 Å². The number of rotatable bonds is 2. The van der Waals surface area contributed by atoms with Crippen molar-refractivity contribution in [2.24, 2.45) is 0 Å². The van der Waals surface area contributed by atoms with Crippen LogP contribution in [0.1, 0.15) is 13.8 Å². The van der Waals surface area contributed by atoms with Crippen molar-refractivity contribution in [3.05, 3.63) is 23.9 Å². The maximum atomic E-state index is 11.2. The molecule has 12 heavy (non-hydrogen) atoms. The second-order valence-electron chi connectivity index (χ2n) is 2.84. The Bertz CT molecular complexity index is 229. The summed E-state index contributed by atoms with van der Waals surface area (Å²) in [7, 11) is 0. The maximum Gasteiger partial charge on any atom is 0.354 e. The first-order chi connectivity index (χ1) is 5.70. The number of allylic oxidation sites excluding steroid dienone is 2. The summed E-state index contributed by atoms with van der Waals surface area (Å²) in [6.07, 6.45) is 5.43. The Morgan fingerprint density at radius 3 is 2.92 bits per heavy atom. The molecule has 1 aliphatic heterocycles. The smallest absolute Gasteiger partial charge is 0.354 e. The molecule has 3 nitrogen and oxygen atoms in total. The van der Waals surface area contributed by atoms with E-state index in [1.165, 1.54) is 0 Å². The molecular weight excluding hydrogens is 154 g/mol. The average Bonchev–Trinajstić information content (AvgIpc) is 2.05. The highest BCUT2D eigenvalue weighted by Gasteiger charge is 2.11. The monoisotopic (exact) mass is 167 g/mol. The first-order valence-electron chi connectivity index (χ1n) is 4.02. The number of hydrogen-bond donors (Lipinski definition) is 1. The van der Waals surface area contributed by atoms with Crippen LogP contribution < -0.4 is 5.32 Å². The van der Waals surface area contributed by atoms with Crippen molar-refractivity contribution in [3.63, 3.8) is 0 Å². The molecule has 0 radical (unpaired) electrons. The Hall–Kier alpha value is -1.25. The Morgan fingerprint density at radius 2 is 2.42 bits per heavy atom. The lowest BCUT2D eigenvalue weighted by molar-refractivity contribution is -0.143. The molecule has 1 rings (SSSR count). The molecule has 66 valence electrons. The summed E-state index contributed by atoms with van der Waals surface area (Å²) in [5, 5.41) is 2.92. The molecule has 0 amide bonds. The SMILES string of the molecule is CC(C)OC(=O)C1=CC=CCN1. The summed E-state index contributed by atoms with van der Waals surface area (Å²) in [6.45, 7) is 4.35. The molecule has 3 heteroatoms. The molecule has 0 atom stereocenters. The fourth-order valence-electron chi connectivity index (χ4n) is 0.878. The zero-order valence-electron chi connectivity index (χ0n) is 7.33. The van der Waals surface area contributed by atoms with Gasteiger partial charge >= 0.3 is 5.97 Å². The highest BCUT2D eigenvalue weighted by atomic mass is 16.5. The Morgan fingerprint density at radius 1 is 1.67 bits per heavy atom. The summed E-state index contributed by atoms with van der Waals surface area (Å²) >= 11 is 0. The van der Waals surface area contributed by atoms with E-state index in [1.807, 2.05) is 26.0 Å². The first-order valence-corrected chi connectivity index (χ1v) is 4.02. The Labute approximate surface area is 72.1 Å². The number of ether oxygens (including phenoxy) is 1. The van der Waals surface area contributed by atoms with Crippen LogP contribution in [0.5, 0.6) is 0 Å². The van der Waals surface area contributed by atoms with Gasteiger partial charge in [0.2, 0.25) is 0 Å². The third-order valence-electron chi connectivity index (χ3n) is 1.37. The van der Waals surface area contributed by atoms with Crippen molar-refractivity contribution >= 4 is 5.97 Å². The zero-order valence-corrected chi connectivity index (χ0v) is 7.33. The Balaban J connectivity index is 2.51. The lowest BCUT2D eigenvalue weighted by atomic mass is 10.3. The van der Waals surface area contributed by atoms with Crippen molar-refractivity contribution in [1.82, 2.24) is 5.32 Å². The van der Waals surface area contributed by atoms with E-state index in [4.69, 9.17) is 4.74 Å². The van der Waals surface area contributed by atoms with E-state index in [-0.39, 0.29) is 12.1 Å². The molecule has 0 saturated carbocycles. The van der Waals surface area contributed by atoms with Crippen LogP contribution in [0.4, 0.5) is 0 Å². The highest BCUT2D eigenvalue weighted by molar-refractivity contribution is 5.88. The second kappa shape index (κ2) is 3.95. The minimum atomic E-state index is -0.283. The molecule has 0 spiro atoms. The molecule has 0 aromatic heterocycles. The minimum absolute atomic E-state index is 0.0638. The van der Waals surface area contributed by atoms with Gasteiger partial charge in [-0.2, -0.15) is 0 Å². The minimum Gasteiger partial charge on any atom is -0.458 e. The van der Waals surface area contributed by atoms with E-state index in [0.717, 1.165) is 0 Å². The van der Waals surface area contributed by atoms with E-state index in [9.17, 15) is 4.79 Å². The molecule has 0 saturated heterocycles. The van der Waals surface area contributed by atoms with Gasteiger partial charge in [0.05, 0.1) is 6.10 Å². The van der Waals surface area contributed by atoms with Gasteiger partial charge in [-0.1, -0.05) is 12.2 Å². The van der Waals surface area contributed by atoms with E-state index >= 15 is 0 Å². The largest absolute Gasteiger partial charge is 0.458 e. The summed E-state index contributed by atoms with van der Waals surface area (Å²) in [5.41, 5.74) is 0.534. The van der Waals surface area contributed by atoms with Crippen LogP contribution in [-0.4, -0.2) is 18.6 Å². The molecule has 1 N–H and O–H groups in total. The van der Waals surface area contributed by atoms with Gasteiger partial charge in [0, 0.05) is 6.54 Å². The quantitative estimate of drug-likeness (QED) is 0.623.